The van der Waals surface area contributed by atoms with Crippen LogP contribution >= 0.6 is 0 Å². The molecule has 1 saturated carbocycles. The minimum Gasteiger partial charge on any atom is -0.507 e. The summed E-state index contributed by atoms with van der Waals surface area (Å²) in [5, 5.41) is 13.3. The molecule has 0 amide bonds. The lowest BCUT2D eigenvalue weighted by molar-refractivity contribution is 0.174. The van der Waals surface area contributed by atoms with E-state index >= 15 is 0 Å². The van der Waals surface area contributed by atoms with E-state index in [1.807, 2.05) is 6.07 Å². The molecule has 98 valence electrons. The van der Waals surface area contributed by atoms with Gasteiger partial charge in [-0.05, 0) is 30.7 Å². The summed E-state index contributed by atoms with van der Waals surface area (Å²) in [6, 6.07) is 3.49. The Balaban J connectivity index is 1.62. The summed E-state index contributed by atoms with van der Waals surface area (Å²) < 4.78 is 10.5. The van der Waals surface area contributed by atoms with Crippen LogP contribution in [-0.2, 0) is 6.54 Å². The van der Waals surface area contributed by atoms with Gasteiger partial charge in [-0.1, -0.05) is 6.92 Å². The van der Waals surface area contributed by atoms with Gasteiger partial charge in [0.1, 0.15) is 5.75 Å². The second kappa shape index (κ2) is 4.35. The number of hydrogen-bond acceptors (Lipinski definition) is 4. The maximum Gasteiger partial charge on any atom is 0.231 e. The highest BCUT2D eigenvalue weighted by Crippen LogP contribution is 2.48. The van der Waals surface area contributed by atoms with Crippen LogP contribution in [0.2, 0.25) is 0 Å². The number of benzene rings is 1. The quantitative estimate of drug-likeness (QED) is 0.841. The molecule has 4 nitrogen and oxygen atoms in total. The first-order valence-electron chi connectivity index (χ1n) is 6.55. The average molecular weight is 249 g/mol. The topological polar surface area (TPSA) is 50.7 Å². The van der Waals surface area contributed by atoms with Gasteiger partial charge in [-0.25, -0.2) is 0 Å². The molecule has 1 aromatic carbocycles. The Morgan fingerprint density at radius 2 is 2.00 bits per heavy atom. The van der Waals surface area contributed by atoms with Gasteiger partial charge in [0.2, 0.25) is 6.79 Å². The number of phenolic OH excluding ortho intramolecular Hbond substituents is 1. The molecule has 0 saturated heterocycles. The lowest BCUT2D eigenvalue weighted by atomic mass is 10.0. The summed E-state index contributed by atoms with van der Waals surface area (Å²) in [4.78, 5) is 0. The molecule has 0 radical (unpaired) electrons. The van der Waals surface area contributed by atoms with E-state index in [9.17, 15) is 5.11 Å². The van der Waals surface area contributed by atoms with Crippen molar-refractivity contribution in [1.82, 2.24) is 5.32 Å². The lowest BCUT2D eigenvalue weighted by Crippen LogP contribution is -2.23. The first-order chi connectivity index (χ1) is 8.72. The van der Waals surface area contributed by atoms with Crippen molar-refractivity contribution in [3.05, 3.63) is 17.7 Å². The van der Waals surface area contributed by atoms with Gasteiger partial charge in [0.15, 0.2) is 11.5 Å². The van der Waals surface area contributed by atoms with E-state index in [2.05, 4.69) is 12.2 Å². The zero-order valence-electron chi connectivity index (χ0n) is 10.7. The number of rotatable bonds is 5. The molecule has 2 N–H and O–H groups in total. The van der Waals surface area contributed by atoms with Gasteiger partial charge in [0.25, 0.3) is 0 Å². The van der Waals surface area contributed by atoms with E-state index in [0.29, 0.717) is 17.7 Å². The zero-order valence-corrected chi connectivity index (χ0v) is 10.7. The monoisotopic (exact) mass is 249 g/mol. The third kappa shape index (κ3) is 2.12. The van der Waals surface area contributed by atoms with Gasteiger partial charge in [0.05, 0.1) is 0 Å². The molecule has 0 unspecified atom stereocenters. The molecule has 1 fully saturated rings. The van der Waals surface area contributed by atoms with Gasteiger partial charge in [-0.2, -0.15) is 0 Å². The minimum absolute atomic E-state index is 0.241. The maximum atomic E-state index is 9.90. The second-order valence-corrected chi connectivity index (χ2v) is 5.29. The number of aromatic hydroxyl groups is 1. The molecule has 0 aromatic heterocycles. The Labute approximate surface area is 107 Å². The van der Waals surface area contributed by atoms with E-state index in [0.717, 1.165) is 17.9 Å². The highest BCUT2D eigenvalue weighted by atomic mass is 16.7. The van der Waals surface area contributed by atoms with E-state index in [1.54, 1.807) is 6.07 Å². The SMILES string of the molecule is CCC1(CNCc2cc3c(cc2O)OCO3)CC1. The maximum absolute atomic E-state index is 9.90. The van der Waals surface area contributed by atoms with E-state index in [-0.39, 0.29) is 12.5 Å². The Kier molecular flexibility index (Phi) is 2.82. The predicted molar refractivity (Wildman–Crippen MR) is 67.9 cm³/mol. The molecule has 18 heavy (non-hydrogen) atoms. The molecular weight excluding hydrogens is 230 g/mol. The molecule has 0 atom stereocenters. The van der Waals surface area contributed by atoms with Crippen molar-refractivity contribution in [2.45, 2.75) is 32.7 Å². The Hall–Kier alpha value is -1.42. The van der Waals surface area contributed by atoms with Crippen molar-refractivity contribution in [2.24, 2.45) is 5.41 Å². The fraction of sp³-hybridized carbons (Fsp3) is 0.571. The smallest absolute Gasteiger partial charge is 0.231 e. The van der Waals surface area contributed by atoms with Gasteiger partial charge in [-0.3, -0.25) is 0 Å². The number of fused-ring (bicyclic) bond motifs is 1. The Morgan fingerprint density at radius 3 is 2.67 bits per heavy atom. The number of phenols is 1. The molecular formula is C14H19NO3. The molecule has 2 aliphatic rings. The average Bonchev–Trinajstić information content (AvgIpc) is 3.01. The van der Waals surface area contributed by atoms with Crippen LogP contribution in [0, 0.1) is 5.41 Å². The van der Waals surface area contributed by atoms with Crippen molar-refractivity contribution in [2.75, 3.05) is 13.3 Å². The highest BCUT2D eigenvalue weighted by molar-refractivity contribution is 5.51. The van der Waals surface area contributed by atoms with Gasteiger partial charge in [-0.15, -0.1) is 0 Å². The van der Waals surface area contributed by atoms with Crippen molar-refractivity contribution < 1.29 is 14.6 Å². The van der Waals surface area contributed by atoms with Crippen LogP contribution in [0.5, 0.6) is 17.2 Å². The van der Waals surface area contributed by atoms with Crippen LogP contribution in [0.25, 0.3) is 0 Å². The van der Waals surface area contributed by atoms with Crippen LogP contribution in [-0.4, -0.2) is 18.4 Å². The van der Waals surface area contributed by atoms with Crippen LogP contribution in [0.1, 0.15) is 31.7 Å². The molecule has 1 heterocycles. The molecule has 1 aliphatic carbocycles. The van der Waals surface area contributed by atoms with Gasteiger partial charge in [0, 0.05) is 24.7 Å². The Bertz CT molecular complexity index is 455. The minimum atomic E-state index is 0.241. The van der Waals surface area contributed by atoms with E-state index in [4.69, 9.17) is 9.47 Å². The van der Waals surface area contributed by atoms with Crippen molar-refractivity contribution >= 4 is 0 Å². The normalized spacial score (nSPS) is 18.9. The standard InChI is InChI=1S/C14H19NO3/c1-2-14(3-4-14)8-15-7-10-5-12-13(6-11(10)16)18-9-17-12/h5-6,15-16H,2-4,7-9H2,1H3. The van der Waals surface area contributed by atoms with Crippen LogP contribution in [0.15, 0.2) is 12.1 Å². The molecule has 0 bridgehead atoms. The van der Waals surface area contributed by atoms with Gasteiger partial charge < -0.3 is 19.9 Å². The molecule has 0 spiro atoms. The fourth-order valence-corrected chi connectivity index (χ4v) is 2.41. The highest BCUT2D eigenvalue weighted by Gasteiger charge is 2.39. The summed E-state index contributed by atoms with van der Waals surface area (Å²) >= 11 is 0. The van der Waals surface area contributed by atoms with Crippen molar-refractivity contribution in [3.63, 3.8) is 0 Å². The third-order valence-corrected chi connectivity index (χ3v) is 4.10. The number of hydrogen-bond donors (Lipinski definition) is 2. The Morgan fingerprint density at radius 1 is 1.28 bits per heavy atom. The largest absolute Gasteiger partial charge is 0.507 e. The predicted octanol–water partition coefficient (Wildman–Crippen LogP) is 2.40. The van der Waals surface area contributed by atoms with Crippen LogP contribution < -0.4 is 14.8 Å². The van der Waals surface area contributed by atoms with Crippen molar-refractivity contribution in [1.29, 1.82) is 0 Å². The summed E-state index contributed by atoms with van der Waals surface area (Å²) in [6.07, 6.45) is 3.88. The summed E-state index contributed by atoms with van der Waals surface area (Å²) in [5.41, 5.74) is 1.39. The molecule has 1 aromatic rings. The third-order valence-electron chi connectivity index (χ3n) is 4.10. The summed E-state index contributed by atoms with van der Waals surface area (Å²) in [7, 11) is 0. The van der Waals surface area contributed by atoms with E-state index < -0.39 is 0 Å². The molecule has 4 heteroatoms. The first-order valence-corrected chi connectivity index (χ1v) is 6.55. The summed E-state index contributed by atoms with van der Waals surface area (Å²) in [5.74, 6) is 1.62. The lowest BCUT2D eigenvalue weighted by Gasteiger charge is -2.14. The number of ether oxygens (including phenoxy) is 2. The molecule has 3 rings (SSSR count). The van der Waals surface area contributed by atoms with Crippen molar-refractivity contribution in [3.8, 4) is 17.2 Å². The van der Waals surface area contributed by atoms with Crippen LogP contribution in [0.4, 0.5) is 0 Å². The number of nitrogens with one attached hydrogen (secondary N) is 1. The van der Waals surface area contributed by atoms with Gasteiger partial charge >= 0.3 is 0 Å². The zero-order chi connectivity index (χ0) is 12.6. The fourth-order valence-electron chi connectivity index (χ4n) is 2.41. The van der Waals surface area contributed by atoms with E-state index in [1.165, 1.54) is 19.3 Å². The summed E-state index contributed by atoms with van der Waals surface area (Å²) in [6.45, 7) is 4.18. The van der Waals surface area contributed by atoms with Crippen LogP contribution in [0.3, 0.4) is 0 Å². The first kappa shape index (κ1) is 11.7. The second-order valence-electron chi connectivity index (χ2n) is 5.29. The molecule has 1 aliphatic heterocycles.